The molecule has 226 valence electrons. The second kappa shape index (κ2) is 11.1. The van der Waals surface area contributed by atoms with Gasteiger partial charge in [-0.15, -0.1) is 0 Å². The van der Waals surface area contributed by atoms with Gasteiger partial charge in [-0.3, -0.25) is 4.98 Å². The lowest BCUT2D eigenvalue weighted by Crippen LogP contribution is -1.96. The fourth-order valence-corrected chi connectivity index (χ4v) is 6.92. The first-order chi connectivity index (χ1) is 23.6. The minimum Gasteiger partial charge on any atom is -0.256 e. The SMILES string of the molecule is C=C(/C=C\c1ccc2cccnc2c1C)c1ccc(-c2ccc3ccc(-c4cccc5c6ccccc6nn45)nc3c2)c2ccccc12. The summed E-state index contributed by atoms with van der Waals surface area (Å²) in [6.07, 6.45) is 6.11. The van der Waals surface area contributed by atoms with Gasteiger partial charge in [0.25, 0.3) is 0 Å². The van der Waals surface area contributed by atoms with Crippen molar-refractivity contribution in [1.82, 2.24) is 19.6 Å². The van der Waals surface area contributed by atoms with Crippen LogP contribution < -0.4 is 0 Å². The van der Waals surface area contributed by atoms with Crippen LogP contribution in [0.2, 0.25) is 0 Å². The van der Waals surface area contributed by atoms with Crippen molar-refractivity contribution in [3.63, 3.8) is 0 Å². The van der Waals surface area contributed by atoms with Gasteiger partial charge in [-0.2, -0.15) is 5.10 Å². The van der Waals surface area contributed by atoms with Gasteiger partial charge in [-0.05, 0) is 87.5 Å². The number of hydrogen-bond acceptors (Lipinski definition) is 3. The van der Waals surface area contributed by atoms with Crippen molar-refractivity contribution in [1.29, 1.82) is 0 Å². The minimum atomic E-state index is 0.888. The van der Waals surface area contributed by atoms with Crippen molar-refractivity contribution in [2.24, 2.45) is 0 Å². The summed E-state index contributed by atoms with van der Waals surface area (Å²) in [6.45, 7) is 6.61. The van der Waals surface area contributed by atoms with Gasteiger partial charge in [-0.1, -0.05) is 116 Å². The average Bonchev–Trinajstić information content (AvgIpc) is 3.53. The van der Waals surface area contributed by atoms with Crippen molar-refractivity contribution in [3.05, 3.63) is 169 Å². The maximum atomic E-state index is 5.17. The fraction of sp³-hybridized carbons (Fsp3) is 0.0227. The highest BCUT2D eigenvalue weighted by atomic mass is 15.2. The molecule has 0 spiro atoms. The van der Waals surface area contributed by atoms with Crippen molar-refractivity contribution < 1.29 is 0 Å². The second-order valence-electron chi connectivity index (χ2n) is 12.2. The van der Waals surface area contributed by atoms with Crippen molar-refractivity contribution >= 4 is 60.6 Å². The molecule has 0 saturated heterocycles. The Hall–Kier alpha value is -6.39. The standard InChI is InChI=1S/C44H30N4/c1-28(16-17-30-18-20-32-9-8-26-45-44(32)29(30)2)34-23-24-35(37-11-4-3-10-36(34)37)33-21-19-31-22-25-40(46-41(31)27-33)43-15-7-14-42-38-12-5-6-13-39(38)47-48(42)43/h3-27H,1H2,2H3/b17-16-. The molecule has 0 aliphatic carbocycles. The quantitative estimate of drug-likeness (QED) is 0.181. The molecule has 0 aliphatic rings. The lowest BCUT2D eigenvalue weighted by molar-refractivity contribution is 0.984. The number of fused-ring (bicyclic) bond motifs is 6. The van der Waals surface area contributed by atoms with Crippen LogP contribution in [-0.2, 0) is 0 Å². The molecule has 4 aromatic heterocycles. The first kappa shape index (κ1) is 27.9. The van der Waals surface area contributed by atoms with E-state index in [0.717, 1.165) is 77.4 Å². The first-order valence-corrected chi connectivity index (χ1v) is 16.1. The van der Waals surface area contributed by atoms with E-state index in [1.165, 1.54) is 16.3 Å². The van der Waals surface area contributed by atoms with Gasteiger partial charge in [0.15, 0.2) is 0 Å². The van der Waals surface area contributed by atoms with Gasteiger partial charge in [0.05, 0.1) is 33.5 Å². The Balaban J connectivity index is 1.10. The summed E-state index contributed by atoms with van der Waals surface area (Å²) >= 11 is 0. The first-order valence-electron chi connectivity index (χ1n) is 16.1. The second-order valence-corrected chi connectivity index (χ2v) is 12.2. The molecule has 5 aromatic carbocycles. The molecule has 4 heterocycles. The van der Waals surface area contributed by atoms with Crippen LogP contribution in [0.5, 0.6) is 0 Å². The molecule has 9 rings (SSSR count). The number of aromatic nitrogens is 4. The zero-order chi connectivity index (χ0) is 32.2. The molecule has 4 heteroatoms. The Morgan fingerprint density at radius 1 is 0.688 bits per heavy atom. The van der Waals surface area contributed by atoms with Crippen molar-refractivity contribution in [3.8, 4) is 22.5 Å². The van der Waals surface area contributed by atoms with Crippen LogP contribution >= 0.6 is 0 Å². The highest BCUT2D eigenvalue weighted by molar-refractivity contribution is 6.05. The van der Waals surface area contributed by atoms with Crippen LogP contribution in [0.25, 0.3) is 83.2 Å². The number of allylic oxidation sites excluding steroid dienone is 2. The molecule has 0 radical (unpaired) electrons. The molecule has 4 nitrogen and oxygen atoms in total. The summed E-state index contributed by atoms with van der Waals surface area (Å²) in [5.74, 6) is 0. The number of benzene rings is 5. The van der Waals surface area contributed by atoms with E-state index in [2.05, 4.69) is 152 Å². The molecular weight excluding hydrogens is 585 g/mol. The Labute approximate surface area is 278 Å². The Bertz CT molecular complexity index is 2770. The summed E-state index contributed by atoms with van der Waals surface area (Å²) in [5.41, 5.74) is 12.6. The summed E-state index contributed by atoms with van der Waals surface area (Å²) in [4.78, 5) is 9.77. The lowest BCUT2D eigenvalue weighted by atomic mass is 9.91. The van der Waals surface area contributed by atoms with E-state index >= 15 is 0 Å². The van der Waals surface area contributed by atoms with Crippen molar-refractivity contribution in [2.45, 2.75) is 6.92 Å². The van der Waals surface area contributed by atoms with Gasteiger partial charge in [0.1, 0.15) is 0 Å². The third-order valence-electron chi connectivity index (χ3n) is 9.42. The van der Waals surface area contributed by atoms with Crippen LogP contribution in [0.15, 0.2) is 152 Å². The molecule has 0 N–H and O–H groups in total. The van der Waals surface area contributed by atoms with Crippen LogP contribution in [0.1, 0.15) is 16.7 Å². The van der Waals surface area contributed by atoms with E-state index in [1.807, 2.05) is 22.8 Å². The van der Waals surface area contributed by atoms with E-state index in [9.17, 15) is 0 Å². The Kier molecular flexibility index (Phi) is 6.47. The van der Waals surface area contributed by atoms with Gasteiger partial charge >= 0.3 is 0 Å². The van der Waals surface area contributed by atoms with Gasteiger partial charge in [-0.25, -0.2) is 9.50 Å². The normalized spacial score (nSPS) is 11.9. The number of pyridine rings is 3. The molecule has 0 unspecified atom stereocenters. The van der Waals surface area contributed by atoms with Crippen molar-refractivity contribution in [2.75, 3.05) is 0 Å². The largest absolute Gasteiger partial charge is 0.256 e. The van der Waals surface area contributed by atoms with Crippen LogP contribution in [-0.4, -0.2) is 19.6 Å². The summed E-state index contributed by atoms with van der Waals surface area (Å²) < 4.78 is 2.01. The third kappa shape index (κ3) is 4.57. The average molecular weight is 615 g/mol. The Morgan fingerprint density at radius 2 is 1.50 bits per heavy atom. The minimum absolute atomic E-state index is 0.888. The third-order valence-corrected chi connectivity index (χ3v) is 9.42. The molecule has 9 aromatic rings. The molecule has 0 aliphatic heterocycles. The number of hydrogen-bond donors (Lipinski definition) is 0. The number of aryl methyl sites for hydroxylation is 1. The van der Waals surface area contributed by atoms with E-state index in [4.69, 9.17) is 10.1 Å². The zero-order valence-electron chi connectivity index (χ0n) is 26.4. The van der Waals surface area contributed by atoms with Gasteiger partial charge in [0, 0.05) is 22.4 Å². The fourth-order valence-electron chi connectivity index (χ4n) is 6.92. The molecule has 0 bridgehead atoms. The zero-order valence-corrected chi connectivity index (χ0v) is 26.4. The Morgan fingerprint density at radius 3 is 2.42 bits per heavy atom. The molecular formula is C44H30N4. The van der Waals surface area contributed by atoms with Gasteiger partial charge in [0.2, 0.25) is 0 Å². The van der Waals surface area contributed by atoms with Gasteiger partial charge < -0.3 is 0 Å². The van der Waals surface area contributed by atoms with E-state index in [-0.39, 0.29) is 0 Å². The summed E-state index contributed by atoms with van der Waals surface area (Å²) in [6, 6.07) is 46.7. The molecule has 0 amide bonds. The summed E-state index contributed by atoms with van der Waals surface area (Å²) in [5, 5.41) is 10.6. The predicted octanol–water partition coefficient (Wildman–Crippen LogP) is 11.1. The van der Waals surface area contributed by atoms with E-state index < -0.39 is 0 Å². The highest BCUT2D eigenvalue weighted by Gasteiger charge is 2.13. The van der Waals surface area contributed by atoms with E-state index in [0.29, 0.717) is 0 Å². The monoisotopic (exact) mass is 614 g/mol. The molecule has 0 saturated carbocycles. The van der Waals surface area contributed by atoms with E-state index in [1.54, 1.807) is 0 Å². The maximum Gasteiger partial charge on any atom is 0.0934 e. The molecule has 48 heavy (non-hydrogen) atoms. The van der Waals surface area contributed by atoms with Crippen LogP contribution in [0.3, 0.4) is 0 Å². The van der Waals surface area contributed by atoms with Crippen LogP contribution in [0.4, 0.5) is 0 Å². The highest BCUT2D eigenvalue weighted by Crippen LogP contribution is 2.36. The number of nitrogens with zero attached hydrogens (tertiary/aromatic N) is 4. The van der Waals surface area contributed by atoms with Crippen LogP contribution in [0, 0.1) is 6.92 Å². The summed E-state index contributed by atoms with van der Waals surface area (Å²) in [7, 11) is 0. The smallest absolute Gasteiger partial charge is 0.0934 e. The molecule has 0 fully saturated rings. The number of rotatable bonds is 5. The maximum absolute atomic E-state index is 5.17. The molecule has 0 atom stereocenters. The lowest BCUT2D eigenvalue weighted by Gasteiger charge is -2.13. The topological polar surface area (TPSA) is 43.1 Å². The predicted molar refractivity (Wildman–Crippen MR) is 201 cm³/mol.